The largest absolute Gasteiger partial charge is 0.492 e. The number of carbonyl (C=O) groups is 1. The van der Waals surface area contributed by atoms with Crippen molar-refractivity contribution < 1.29 is 27.6 Å². The van der Waals surface area contributed by atoms with E-state index < -0.39 is 35.9 Å². The topological polar surface area (TPSA) is 89.3 Å². The molecule has 3 heterocycles. The molecule has 0 saturated heterocycles. The van der Waals surface area contributed by atoms with Gasteiger partial charge in [0.05, 0.1) is 16.7 Å². The van der Waals surface area contributed by atoms with Gasteiger partial charge >= 0.3 is 13.3 Å². The molecule has 30 heavy (non-hydrogen) atoms. The lowest BCUT2D eigenvalue weighted by atomic mass is 9.78. The van der Waals surface area contributed by atoms with Gasteiger partial charge in [-0.2, -0.15) is 13.2 Å². The highest BCUT2D eigenvalue weighted by Crippen LogP contribution is 2.34. The third-order valence-electron chi connectivity index (χ3n) is 4.84. The van der Waals surface area contributed by atoms with Crippen LogP contribution in [0.1, 0.15) is 35.3 Å². The molecule has 11 heteroatoms. The smallest absolute Gasteiger partial charge is 0.423 e. The fourth-order valence-corrected chi connectivity index (χ4v) is 3.39. The van der Waals surface area contributed by atoms with Crippen molar-refractivity contribution in [3.8, 4) is 5.82 Å². The Morgan fingerprint density at radius 1 is 1.30 bits per heavy atom. The Balaban J connectivity index is 1.66. The van der Waals surface area contributed by atoms with E-state index in [9.17, 15) is 23.0 Å². The Bertz CT molecular complexity index is 1120. The number of aromatic nitrogens is 3. The molecule has 0 bridgehead atoms. The summed E-state index contributed by atoms with van der Waals surface area (Å²) in [5.41, 5.74) is -1.05. The molecule has 3 aromatic rings. The first-order valence-electron chi connectivity index (χ1n) is 8.93. The number of alkyl halides is 3. The summed E-state index contributed by atoms with van der Waals surface area (Å²) >= 11 is 0. The second-order valence-electron chi connectivity index (χ2n) is 7.29. The summed E-state index contributed by atoms with van der Waals surface area (Å²) in [5, 5.41) is 12.5. The van der Waals surface area contributed by atoms with Crippen LogP contribution in [0.3, 0.4) is 0 Å². The number of amides is 1. The number of imidazole rings is 1. The zero-order chi connectivity index (χ0) is 21.7. The average molecular weight is 416 g/mol. The van der Waals surface area contributed by atoms with E-state index in [2.05, 4.69) is 15.3 Å². The molecule has 1 aromatic carbocycles. The molecule has 0 radical (unpaired) electrons. The highest BCUT2D eigenvalue weighted by molar-refractivity contribution is 6.62. The summed E-state index contributed by atoms with van der Waals surface area (Å²) in [6.45, 7) is 3.56. The number of halogens is 3. The predicted molar refractivity (Wildman–Crippen MR) is 102 cm³/mol. The van der Waals surface area contributed by atoms with Crippen LogP contribution in [-0.4, -0.2) is 32.6 Å². The van der Waals surface area contributed by atoms with Crippen LogP contribution in [-0.2, 0) is 16.4 Å². The van der Waals surface area contributed by atoms with Crippen LogP contribution in [0, 0.1) is 0 Å². The number of hydrogen-bond donors (Lipinski definition) is 2. The third kappa shape index (κ3) is 3.57. The van der Waals surface area contributed by atoms with Gasteiger partial charge in [-0.15, -0.1) is 0 Å². The van der Waals surface area contributed by atoms with Crippen LogP contribution in [0.5, 0.6) is 0 Å². The van der Waals surface area contributed by atoms with Crippen LogP contribution in [0.15, 0.2) is 49.2 Å². The van der Waals surface area contributed by atoms with Crippen molar-refractivity contribution in [3.63, 3.8) is 0 Å². The van der Waals surface area contributed by atoms with E-state index in [0.717, 1.165) is 17.8 Å². The highest BCUT2D eigenvalue weighted by Gasteiger charge is 2.41. The van der Waals surface area contributed by atoms with Crippen LogP contribution in [0.25, 0.3) is 5.82 Å². The van der Waals surface area contributed by atoms with Gasteiger partial charge in [-0.25, -0.2) is 9.97 Å². The molecular weight excluding hydrogens is 400 g/mol. The first-order chi connectivity index (χ1) is 14.1. The minimum absolute atomic E-state index is 0.0172. The molecule has 1 aliphatic heterocycles. The van der Waals surface area contributed by atoms with Gasteiger partial charge in [0.2, 0.25) is 0 Å². The maximum absolute atomic E-state index is 13.6. The van der Waals surface area contributed by atoms with Crippen molar-refractivity contribution in [2.75, 3.05) is 5.32 Å². The van der Waals surface area contributed by atoms with Gasteiger partial charge < -0.3 is 15.0 Å². The minimum atomic E-state index is -4.77. The SMILES string of the molecule is CC1(C)OB(O)c2cc(NC(=O)c3cnc(-n4ccnc4)cc3C(F)(F)F)ccc21. The zero-order valence-electron chi connectivity index (χ0n) is 15.9. The zero-order valence-corrected chi connectivity index (χ0v) is 15.9. The number of benzene rings is 1. The maximum Gasteiger partial charge on any atom is 0.492 e. The fraction of sp³-hybridized carbons (Fsp3) is 0.211. The molecule has 4 rings (SSSR count). The van der Waals surface area contributed by atoms with Crippen molar-refractivity contribution in [1.82, 2.24) is 14.5 Å². The number of rotatable bonds is 3. The lowest BCUT2D eigenvalue weighted by Gasteiger charge is -2.19. The third-order valence-corrected chi connectivity index (χ3v) is 4.84. The van der Waals surface area contributed by atoms with Gasteiger partial charge in [0.25, 0.3) is 5.91 Å². The number of anilines is 1. The normalized spacial score (nSPS) is 15.2. The molecule has 1 amide bonds. The summed E-state index contributed by atoms with van der Waals surface area (Å²) in [7, 11) is -1.19. The van der Waals surface area contributed by atoms with Crippen LogP contribution in [0.4, 0.5) is 18.9 Å². The monoisotopic (exact) mass is 416 g/mol. The van der Waals surface area contributed by atoms with Gasteiger partial charge in [-0.1, -0.05) is 6.07 Å². The van der Waals surface area contributed by atoms with E-state index in [-0.39, 0.29) is 11.5 Å². The number of fused-ring (bicyclic) bond motifs is 1. The van der Waals surface area contributed by atoms with Gasteiger partial charge in [0.15, 0.2) is 0 Å². The Morgan fingerprint density at radius 3 is 2.73 bits per heavy atom. The molecule has 0 aliphatic carbocycles. The lowest BCUT2D eigenvalue weighted by molar-refractivity contribution is -0.138. The molecule has 154 valence electrons. The summed E-state index contributed by atoms with van der Waals surface area (Å²) in [6.07, 6.45) is 0.269. The Labute approximate surface area is 169 Å². The summed E-state index contributed by atoms with van der Waals surface area (Å²) in [5.74, 6) is -0.990. The number of nitrogens with zero attached hydrogens (tertiary/aromatic N) is 3. The Kier molecular flexibility index (Phi) is 4.66. The number of nitrogens with one attached hydrogen (secondary N) is 1. The highest BCUT2D eigenvalue weighted by atomic mass is 19.4. The van der Waals surface area contributed by atoms with E-state index in [1.807, 2.05) is 0 Å². The van der Waals surface area contributed by atoms with Crippen molar-refractivity contribution >= 4 is 24.2 Å². The number of hydrogen-bond acceptors (Lipinski definition) is 5. The second-order valence-corrected chi connectivity index (χ2v) is 7.29. The molecule has 1 aliphatic rings. The molecular formula is C19H16BF3N4O3. The van der Waals surface area contributed by atoms with E-state index in [4.69, 9.17) is 4.65 Å². The van der Waals surface area contributed by atoms with Gasteiger partial charge in [-0.3, -0.25) is 9.36 Å². The standard InChI is InChI=1S/C19H16BF3N4O3/c1-18(2)13-4-3-11(7-15(13)20(29)30-18)26-17(28)12-9-25-16(27-6-5-24-10-27)8-14(12)19(21,22)23/h3-10,29H,1-2H3,(H,26,28). The molecule has 0 saturated carbocycles. The quantitative estimate of drug-likeness (QED) is 0.641. The lowest BCUT2D eigenvalue weighted by Crippen LogP contribution is -2.29. The Hall–Kier alpha value is -3.18. The average Bonchev–Trinajstić information content (AvgIpc) is 3.27. The van der Waals surface area contributed by atoms with E-state index in [0.29, 0.717) is 5.46 Å². The van der Waals surface area contributed by atoms with E-state index in [1.54, 1.807) is 26.0 Å². The van der Waals surface area contributed by atoms with Crippen LogP contribution in [0.2, 0.25) is 0 Å². The van der Waals surface area contributed by atoms with E-state index in [1.165, 1.54) is 29.4 Å². The van der Waals surface area contributed by atoms with E-state index >= 15 is 0 Å². The first-order valence-corrected chi connectivity index (χ1v) is 8.93. The number of carbonyl (C=O) groups excluding carboxylic acids is 1. The molecule has 2 aromatic heterocycles. The minimum Gasteiger partial charge on any atom is -0.423 e. The Morgan fingerprint density at radius 2 is 2.07 bits per heavy atom. The fourth-order valence-electron chi connectivity index (χ4n) is 3.39. The van der Waals surface area contributed by atoms with Crippen molar-refractivity contribution in [2.24, 2.45) is 0 Å². The van der Waals surface area contributed by atoms with Gasteiger partial charge in [0.1, 0.15) is 12.1 Å². The maximum atomic E-state index is 13.6. The molecule has 0 spiro atoms. The summed E-state index contributed by atoms with van der Waals surface area (Å²) < 4.78 is 47.6. The molecule has 0 unspecified atom stereocenters. The van der Waals surface area contributed by atoms with Gasteiger partial charge in [0, 0.05) is 24.3 Å². The molecule has 0 atom stereocenters. The van der Waals surface area contributed by atoms with Gasteiger partial charge in [-0.05, 0) is 43.1 Å². The molecule has 7 nitrogen and oxygen atoms in total. The molecule has 2 N–H and O–H groups in total. The van der Waals surface area contributed by atoms with Crippen LogP contribution >= 0.6 is 0 Å². The van der Waals surface area contributed by atoms with Crippen molar-refractivity contribution in [1.29, 1.82) is 0 Å². The van der Waals surface area contributed by atoms with Crippen LogP contribution < -0.4 is 10.8 Å². The number of pyridine rings is 1. The second kappa shape index (κ2) is 6.96. The van der Waals surface area contributed by atoms with Crippen molar-refractivity contribution in [2.45, 2.75) is 25.6 Å². The predicted octanol–water partition coefficient (Wildman–Crippen LogP) is 2.49. The molecule has 0 fully saturated rings. The summed E-state index contributed by atoms with van der Waals surface area (Å²) in [6, 6.07) is 5.47. The van der Waals surface area contributed by atoms with Crippen molar-refractivity contribution in [3.05, 3.63) is 65.9 Å². The first kappa shape index (κ1) is 20.1. The summed E-state index contributed by atoms with van der Waals surface area (Å²) in [4.78, 5) is 20.4.